The molecule has 0 aromatic carbocycles. The average molecular weight is 249 g/mol. The molecule has 0 spiro atoms. The number of rotatable bonds is 2. The summed E-state index contributed by atoms with van der Waals surface area (Å²) in [7, 11) is 0. The number of nitrogens with two attached hydrogens (primary N) is 1. The van der Waals surface area contributed by atoms with Crippen LogP contribution in [0, 0.1) is 6.92 Å². The average Bonchev–Trinajstić information content (AvgIpc) is 2.32. The molecule has 1 amide bonds. The van der Waals surface area contributed by atoms with Gasteiger partial charge in [0.15, 0.2) is 5.43 Å². The number of aryl methyl sites for hydroxylation is 1. The second kappa shape index (κ2) is 5.35. The number of aromatic nitrogens is 1. The van der Waals surface area contributed by atoms with Gasteiger partial charge in [-0.15, -0.1) is 0 Å². The summed E-state index contributed by atoms with van der Waals surface area (Å²) in [6, 6.07) is 1.82. The van der Waals surface area contributed by atoms with Crippen LogP contribution in [0.25, 0.3) is 0 Å². The Kier molecular flexibility index (Phi) is 3.81. The summed E-state index contributed by atoms with van der Waals surface area (Å²) in [5.41, 5.74) is 6.50. The Morgan fingerprint density at radius 2 is 2.06 bits per heavy atom. The predicted octanol–water partition coefficient (Wildman–Crippen LogP) is 0.683. The van der Waals surface area contributed by atoms with Crippen LogP contribution in [-0.4, -0.2) is 23.0 Å². The van der Waals surface area contributed by atoms with E-state index < -0.39 is 0 Å². The minimum absolute atomic E-state index is 0.137. The van der Waals surface area contributed by atoms with E-state index in [2.05, 4.69) is 10.3 Å². The lowest BCUT2D eigenvalue weighted by atomic mass is 9.91. The second-order valence-corrected chi connectivity index (χ2v) is 4.98. The number of pyridine rings is 1. The van der Waals surface area contributed by atoms with E-state index in [4.69, 9.17) is 5.73 Å². The normalized spacial score (nSPS) is 23.7. The highest BCUT2D eigenvalue weighted by Crippen LogP contribution is 2.17. The number of hydrogen-bond donors (Lipinski definition) is 3. The van der Waals surface area contributed by atoms with Gasteiger partial charge in [0, 0.05) is 30.0 Å². The predicted molar refractivity (Wildman–Crippen MR) is 69.5 cm³/mol. The lowest BCUT2D eigenvalue weighted by molar-refractivity contribution is 0.0924. The molecule has 1 fully saturated rings. The molecule has 1 aliphatic carbocycles. The molecule has 0 atom stereocenters. The Balaban J connectivity index is 2.01. The van der Waals surface area contributed by atoms with Gasteiger partial charge in [-0.1, -0.05) is 0 Å². The van der Waals surface area contributed by atoms with Gasteiger partial charge in [0.2, 0.25) is 0 Å². The molecule has 2 rings (SSSR count). The molecule has 0 radical (unpaired) electrons. The van der Waals surface area contributed by atoms with Gasteiger partial charge in [-0.2, -0.15) is 0 Å². The Hall–Kier alpha value is -1.62. The van der Waals surface area contributed by atoms with Crippen molar-refractivity contribution in [3.05, 3.63) is 33.7 Å². The third kappa shape index (κ3) is 2.98. The lowest BCUT2D eigenvalue weighted by Gasteiger charge is -2.26. The monoisotopic (exact) mass is 249 g/mol. The van der Waals surface area contributed by atoms with Crippen molar-refractivity contribution >= 4 is 5.91 Å². The minimum atomic E-state index is -0.295. The fourth-order valence-corrected chi connectivity index (χ4v) is 2.28. The van der Waals surface area contributed by atoms with Crippen LogP contribution in [0.1, 0.15) is 41.7 Å². The molecule has 1 aromatic rings. The van der Waals surface area contributed by atoms with Gasteiger partial charge in [0.25, 0.3) is 5.91 Å². The molecule has 0 bridgehead atoms. The van der Waals surface area contributed by atoms with Gasteiger partial charge >= 0.3 is 0 Å². The van der Waals surface area contributed by atoms with E-state index in [1.54, 1.807) is 6.92 Å². The fraction of sp³-hybridized carbons (Fsp3) is 0.538. The molecule has 4 N–H and O–H groups in total. The van der Waals surface area contributed by atoms with Crippen LogP contribution >= 0.6 is 0 Å². The van der Waals surface area contributed by atoms with E-state index in [9.17, 15) is 9.59 Å². The van der Waals surface area contributed by atoms with Crippen LogP contribution in [0.2, 0.25) is 0 Å². The quantitative estimate of drug-likeness (QED) is 0.720. The number of amides is 1. The molecule has 1 aromatic heterocycles. The summed E-state index contributed by atoms with van der Waals surface area (Å²) in [6.07, 6.45) is 5.10. The Bertz CT molecular complexity index is 487. The molecule has 1 heterocycles. The Labute approximate surface area is 106 Å². The molecule has 18 heavy (non-hydrogen) atoms. The molecular formula is C13H19N3O2. The van der Waals surface area contributed by atoms with Crippen LogP contribution in [0.3, 0.4) is 0 Å². The lowest BCUT2D eigenvalue weighted by Crippen LogP contribution is -2.41. The van der Waals surface area contributed by atoms with Gasteiger partial charge < -0.3 is 16.0 Å². The second-order valence-electron chi connectivity index (χ2n) is 4.98. The number of nitrogens with one attached hydrogen (secondary N) is 2. The topological polar surface area (TPSA) is 88.0 Å². The van der Waals surface area contributed by atoms with Crippen LogP contribution < -0.4 is 16.5 Å². The van der Waals surface area contributed by atoms with Gasteiger partial charge in [-0.05, 0) is 32.6 Å². The van der Waals surface area contributed by atoms with Crippen LogP contribution in [0.15, 0.2) is 17.1 Å². The summed E-state index contributed by atoms with van der Waals surface area (Å²) < 4.78 is 0. The van der Waals surface area contributed by atoms with Crippen molar-refractivity contribution in [2.45, 2.75) is 44.7 Å². The van der Waals surface area contributed by atoms with Gasteiger partial charge in [-0.3, -0.25) is 9.59 Å². The van der Waals surface area contributed by atoms with Crippen LogP contribution in [0.4, 0.5) is 0 Å². The van der Waals surface area contributed by atoms with Crippen LogP contribution in [-0.2, 0) is 0 Å². The zero-order chi connectivity index (χ0) is 13.1. The fourth-order valence-electron chi connectivity index (χ4n) is 2.28. The first-order valence-electron chi connectivity index (χ1n) is 6.32. The van der Waals surface area contributed by atoms with Gasteiger partial charge in [-0.25, -0.2) is 0 Å². The molecule has 5 heteroatoms. The molecule has 1 aliphatic rings. The summed E-state index contributed by atoms with van der Waals surface area (Å²) in [4.78, 5) is 26.5. The largest absolute Gasteiger partial charge is 0.364 e. The maximum atomic E-state index is 12.0. The summed E-state index contributed by atoms with van der Waals surface area (Å²) in [6.45, 7) is 1.78. The van der Waals surface area contributed by atoms with E-state index >= 15 is 0 Å². The molecule has 0 aliphatic heterocycles. The molecular weight excluding hydrogens is 230 g/mol. The van der Waals surface area contributed by atoms with Crippen molar-refractivity contribution in [1.82, 2.24) is 10.3 Å². The zero-order valence-corrected chi connectivity index (χ0v) is 10.5. The standard InChI is InChI=1S/C13H19N3O2/c1-8-6-12(17)11(7-15-8)13(18)16-10-4-2-9(14)3-5-10/h6-7,9-10H,2-5,14H2,1H3,(H,15,17)(H,16,18). The molecule has 5 nitrogen and oxygen atoms in total. The maximum absolute atomic E-state index is 12.0. The van der Waals surface area contributed by atoms with Crippen molar-refractivity contribution in [2.24, 2.45) is 5.73 Å². The highest BCUT2D eigenvalue weighted by molar-refractivity contribution is 5.93. The van der Waals surface area contributed by atoms with Crippen molar-refractivity contribution in [2.75, 3.05) is 0 Å². The van der Waals surface area contributed by atoms with E-state index in [1.165, 1.54) is 12.3 Å². The van der Waals surface area contributed by atoms with Crippen molar-refractivity contribution in [3.8, 4) is 0 Å². The van der Waals surface area contributed by atoms with Crippen molar-refractivity contribution in [1.29, 1.82) is 0 Å². The van der Waals surface area contributed by atoms with Crippen molar-refractivity contribution < 1.29 is 4.79 Å². The summed E-state index contributed by atoms with van der Waals surface area (Å²) >= 11 is 0. The molecule has 0 unspecified atom stereocenters. The van der Waals surface area contributed by atoms with E-state index in [1.807, 2.05) is 0 Å². The van der Waals surface area contributed by atoms with Crippen LogP contribution in [0.5, 0.6) is 0 Å². The first-order valence-corrected chi connectivity index (χ1v) is 6.32. The summed E-state index contributed by atoms with van der Waals surface area (Å²) in [5, 5.41) is 2.90. The van der Waals surface area contributed by atoms with Gasteiger partial charge in [0.05, 0.1) is 0 Å². The molecule has 98 valence electrons. The third-order valence-electron chi connectivity index (χ3n) is 3.41. The highest BCUT2D eigenvalue weighted by atomic mass is 16.2. The third-order valence-corrected chi connectivity index (χ3v) is 3.41. The van der Waals surface area contributed by atoms with E-state index in [0.29, 0.717) is 0 Å². The first kappa shape index (κ1) is 12.8. The highest BCUT2D eigenvalue weighted by Gasteiger charge is 2.21. The van der Waals surface area contributed by atoms with Gasteiger partial charge in [0.1, 0.15) is 5.56 Å². The van der Waals surface area contributed by atoms with E-state index in [0.717, 1.165) is 31.4 Å². The summed E-state index contributed by atoms with van der Waals surface area (Å²) in [5.74, 6) is -0.295. The number of hydrogen-bond acceptors (Lipinski definition) is 3. The number of aromatic amines is 1. The maximum Gasteiger partial charge on any atom is 0.256 e. The molecule has 0 saturated heterocycles. The number of carbonyl (C=O) groups excluding carboxylic acids is 1. The first-order chi connectivity index (χ1) is 8.56. The number of carbonyl (C=O) groups is 1. The zero-order valence-electron chi connectivity index (χ0n) is 10.5. The minimum Gasteiger partial charge on any atom is -0.364 e. The van der Waals surface area contributed by atoms with Crippen molar-refractivity contribution in [3.63, 3.8) is 0 Å². The number of H-pyrrole nitrogens is 1. The molecule has 1 saturated carbocycles. The SMILES string of the molecule is Cc1cc(=O)c(C(=O)NC2CCC(N)CC2)c[nH]1. The van der Waals surface area contributed by atoms with E-state index in [-0.39, 0.29) is 29.0 Å². The Morgan fingerprint density at radius 3 is 2.67 bits per heavy atom. The Morgan fingerprint density at radius 1 is 1.39 bits per heavy atom. The smallest absolute Gasteiger partial charge is 0.256 e.